The molecule has 0 bridgehead atoms. The molecule has 0 spiro atoms. The van der Waals surface area contributed by atoms with Crippen LogP contribution in [0.1, 0.15) is 28.7 Å². The van der Waals surface area contributed by atoms with Gasteiger partial charge in [-0.3, -0.25) is 0 Å². The zero-order chi connectivity index (χ0) is 15.6. The van der Waals surface area contributed by atoms with Gasteiger partial charge in [-0.1, -0.05) is 18.2 Å². The fraction of sp³-hybridized carbons (Fsp3) is 0.250. The molecule has 0 aliphatic rings. The topological polar surface area (TPSA) is 46.2 Å². The summed E-state index contributed by atoms with van der Waals surface area (Å²) in [4.78, 5) is 0. The monoisotopic (exact) mass is 295 g/mol. The number of benzene rings is 2. The van der Waals surface area contributed by atoms with Crippen molar-refractivity contribution >= 4 is 0 Å². The van der Waals surface area contributed by atoms with Crippen LogP contribution in [0.3, 0.4) is 0 Å². The van der Waals surface area contributed by atoms with E-state index in [0.29, 0.717) is 5.56 Å². The van der Waals surface area contributed by atoms with Crippen LogP contribution in [0.15, 0.2) is 36.4 Å². The lowest BCUT2D eigenvalue weighted by atomic mass is 9.88. The van der Waals surface area contributed by atoms with Crippen LogP contribution < -0.4 is 5.73 Å². The third kappa shape index (κ3) is 3.09. The molecule has 2 aromatic rings. The summed E-state index contributed by atoms with van der Waals surface area (Å²) in [6, 6.07) is 7.73. The predicted octanol–water partition coefficient (Wildman–Crippen LogP) is 3.19. The molecule has 0 saturated carbocycles. The Hall–Kier alpha value is -1.85. The van der Waals surface area contributed by atoms with Gasteiger partial charge in [0.1, 0.15) is 17.5 Å². The average Bonchev–Trinajstić information content (AvgIpc) is 2.46. The van der Waals surface area contributed by atoms with Crippen LogP contribution in [-0.2, 0) is 0 Å². The van der Waals surface area contributed by atoms with Crippen molar-refractivity contribution in [2.24, 2.45) is 5.73 Å². The van der Waals surface area contributed by atoms with Crippen LogP contribution in [0.2, 0.25) is 0 Å². The first-order valence-corrected chi connectivity index (χ1v) is 6.53. The summed E-state index contributed by atoms with van der Waals surface area (Å²) in [5.41, 5.74) is 5.97. The van der Waals surface area contributed by atoms with E-state index in [9.17, 15) is 18.3 Å². The first-order valence-electron chi connectivity index (χ1n) is 6.53. The van der Waals surface area contributed by atoms with Crippen LogP contribution in [0.25, 0.3) is 0 Å². The second-order valence-corrected chi connectivity index (χ2v) is 4.93. The molecular weight excluding hydrogens is 279 g/mol. The lowest BCUT2D eigenvalue weighted by molar-refractivity contribution is 0.138. The zero-order valence-electron chi connectivity index (χ0n) is 11.5. The molecule has 0 aromatic heterocycles. The maximum atomic E-state index is 14.1. The van der Waals surface area contributed by atoms with E-state index in [1.807, 2.05) is 0 Å². The van der Waals surface area contributed by atoms with Gasteiger partial charge in [-0.2, -0.15) is 0 Å². The minimum atomic E-state index is -1.44. The van der Waals surface area contributed by atoms with E-state index in [1.165, 1.54) is 37.3 Å². The number of aryl methyl sites for hydroxylation is 1. The van der Waals surface area contributed by atoms with Gasteiger partial charge in [0.25, 0.3) is 0 Å². The molecule has 5 heteroatoms. The maximum Gasteiger partial charge on any atom is 0.134 e. The summed E-state index contributed by atoms with van der Waals surface area (Å²) in [5, 5.41) is 10.3. The largest absolute Gasteiger partial charge is 0.388 e. The Labute approximate surface area is 121 Å². The molecule has 2 rings (SSSR count). The predicted molar refractivity (Wildman–Crippen MR) is 74.3 cm³/mol. The molecular formula is C16H16F3NO. The Kier molecular flexibility index (Phi) is 4.65. The number of aliphatic hydroxyl groups excluding tert-OH is 1. The molecule has 0 heterocycles. The van der Waals surface area contributed by atoms with Crippen LogP contribution in [-0.4, -0.2) is 11.7 Å². The Morgan fingerprint density at radius 1 is 1.05 bits per heavy atom. The van der Waals surface area contributed by atoms with Crippen molar-refractivity contribution in [3.8, 4) is 0 Å². The van der Waals surface area contributed by atoms with Crippen molar-refractivity contribution in [3.63, 3.8) is 0 Å². The fourth-order valence-electron chi connectivity index (χ4n) is 2.31. The number of hydrogen-bond donors (Lipinski definition) is 2. The van der Waals surface area contributed by atoms with Crippen molar-refractivity contribution in [3.05, 3.63) is 70.5 Å². The highest BCUT2D eigenvalue weighted by Crippen LogP contribution is 2.34. The molecule has 2 atom stereocenters. The third-order valence-electron chi connectivity index (χ3n) is 3.55. The first kappa shape index (κ1) is 15.5. The molecule has 112 valence electrons. The highest BCUT2D eigenvalue weighted by molar-refractivity contribution is 5.32. The van der Waals surface area contributed by atoms with Crippen LogP contribution in [0.5, 0.6) is 0 Å². The number of aliphatic hydroxyl groups is 1. The van der Waals surface area contributed by atoms with E-state index >= 15 is 0 Å². The molecule has 2 nitrogen and oxygen atoms in total. The smallest absolute Gasteiger partial charge is 0.134 e. The van der Waals surface area contributed by atoms with Crippen molar-refractivity contribution < 1.29 is 18.3 Å². The highest BCUT2D eigenvalue weighted by atomic mass is 19.1. The van der Waals surface area contributed by atoms with E-state index < -0.39 is 35.0 Å². The molecule has 0 saturated heterocycles. The summed E-state index contributed by atoms with van der Waals surface area (Å²) in [5.74, 6) is -2.78. The quantitative estimate of drug-likeness (QED) is 0.910. The minimum absolute atomic E-state index is 0.0282. The normalized spacial score (nSPS) is 14.0. The lowest BCUT2D eigenvalue weighted by Gasteiger charge is -2.23. The van der Waals surface area contributed by atoms with E-state index in [0.717, 1.165) is 6.07 Å². The molecule has 0 radical (unpaired) electrons. The zero-order valence-corrected chi connectivity index (χ0v) is 11.5. The Balaban J connectivity index is 2.43. The molecule has 0 fully saturated rings. The summed E-state index contributed by atoms with van der Waals surface area (Å²) < 4.78 is 40.9. The minimum Gasteiger partial charge on any atom is -0.388 e. The van der Waals surface area contributed by atoms with Gasteiger partial charge in [0.2, 0.25) is 0 Å². The number of rotatable bonds is 4. The second-order valence-electron chi connectivity index (χ2n) is 4.93. The van der Waals surface area contributed by atoms with Gasteiger partial charge in [0.05, 0.1) is 11.7 Å². The van der Waals surface area contributed by atoms with Gasteiger partial charge in [-0.15, -0.1) is 0 Å². The third-order valence-corrected chi connectivity index (χ3v) is 3.55. The van der Waals surface area contributed by atoms with Crippen molar-refractivity contribution in [2.75, 3.05) is 6.54 Å². The molecule has 0 amide bonds. The van der Waals surface area contributed by atoms with E-state index in [-0.39, 0.29) is 12.1 Å². The van der Waals surface area contributed by atoms with E-state index in [2.05, 4.69) is 0 Å². The van der Waals surface area contributed by atoms with E-state index in [4.69, 9.17) is 5.73 Å². The molecule has 0 aliphatic heterocycles. The molecule has 2 aromatic carbocycles. The van der Waals surface area contributed by atoms with Crippen molar-refractivity contribution in [2.45, 2.75) is 18.9 Å². The Bertz CT molecular complexity index is 628. The lowest BCUT2D eigenvalue weighted by Crippen LogP contribution is -2.22. The van der Waals surface area contributed by atoms with Gasteiger partial charge in [0, 0.05) is 12.5 Å². The number of hydrogen-bond acceptors (Lipinski definition) is 2. The first-order chi connectivity index (χ1) is 9.95. The van der Waals surface area contributed by atoms with Crippen LogP contribution in [0.4, 0.5) is 13.2 Å². The van der Waals surface area contributed by atoms with Crippen molar-refractivity contribution in [1.29, 1.82) is 0 Å². The van der Waals surface area contributed by atoms with Crippen LogP contribution >= 0.6 is 0 Å². The highest BCUT2D eigenvalue weighted by Gasteiger charge is 2.27. The standard InChI is InChI=1S/C16H16F3NO/c1-9-2-7-13(18)14(15(9)19)16(21)12(8-20)10-3-5-11(17)6-4-10/h2-7,12,16,21H,8,20H2,1H3. The molecule has 3 N–H and O–H groups in total. The molecule has 0 aliphatic carbocycles. The van der Waals surface area contributed by atoms with E-state index in [1.54, 1.807) is 0 Å². The van der Waals surface area contributed by atoms with Gasteiger partial charge in [-0.05, 0) is 36.2 Å². The van der Waals surface area contributed by atoms with Gasteiger partial charge < -0.3 is 10.8 Å². The summed E-state index contributed by atoms with van der Waals surface area (Å²) in [6.45, 7) is 1.46. The number of halogens is 3. The van der Waals surface area contributed by atoms with Gasteiger partial charge >= 0.3 is 0 Å². The summed E-state index contributed by atoms with van der Waals surface area (Å²) in [6.07, 6.45) is -1.44. The van der Waals surface area contributed by atoms with Gasteiger partial charge in [0.15, 0.2) is 0 Å². The number of nitrogens with two attached hydrogens (primary N) is 1. The second kappa shape index (κ2) is 6.28. The Morgan fingerprint density at radius 3 is 2.24 bits per heavy atom. The SMILES string of the molecule is Cc1ccc(F)c(C(O)C(CN)c2ccc(F)cc2)c1F. The van der Waals surface area contributed by atoms with Crippen molar-refractivity contribution in [1.82, 2.24) is 0 Å². The summed E-state index contributed by atoms with van der Waals surface area (Å²) in [7, 11) is 0. The molecule has 2 unspecified atom stereocenters. The summed E-state index contributed by atoms with van der Waals surface area (Å²) >= 11 is 0. The van der Waals surface area contributed by atoms with Crippen LogP contribution in [0, 0.1) is 24.4 Å². The Morgan fingerprint density at radius 2 is 1.67 bits per heavy atom. The fourth-order valence-corrected chi connectivity index (χ4v) is 2.31. The average molecular weight is 295 g/mol. The maximum absolute atomic E-state index is 14.1. The molecule has 21 heavy (non-hydrogen) atoms. The van der Waals surface area contributed by atoms with Gasteiger partial charge in [-0.25, -0.2) is 13.2 Å².